The topological polar surface area (TPSA) is 111 Å². The van der Waals surface area contributed by atoms with E-state index in [0.29, 0.717) is 46.1 Å². The van der Waals surface area contributed by atoms with Gasteiger partial charge in [-0.15, -0.1) is 0 Å². The Hall–Kier alpha value is -3.29. The van der Waals surface area contributed by atoms with Gasteiger partial charge in [-0.25, -0.2) is 9.97 Å². The van der Waals surface area contributed by atoms with Gasteiger partial charge in [0, 0.05) is 18.3 Å². The molecule has 4 aliphatic carbocycles. The van der Waals surface area contributed by atoms with E-state index in [0.717, 1.165) is 19.3 Å². The van der Waals surface area contributed by atoms with Crippen LogP contribution in [0.1, 0.15) is 38.5 Å². The van der Waals surface area contributed by atoms with Gasteiger partial charge >= 0.3 is 0 Å². The second kappa shape index (κ2) is 6.60. The molecule has 4 fully saturated rings. The summed E-state index contributed by atoms with van der Waals surface area (Å²) in [4.78, 5) is 32.4. The molecule has 1 aromatic carbocycles. The highest BCUT2D eigenvalue weighted by Gasteiger charge is 2.54. The van der Waals surface area contributed by atoms with E-state index in [1.165, 1.54) is 37.5 Å². The Labute approximate surface area is 178 Å². The molecule has 31 heavy (non-hydrogen) atoms. The molecule has 0 radical (unpaired) electrons. The monoisotopic (exact) mass is 418 g/mol. The quantitative estimate of drug-likeness (QED) is 0.474. The van der Waals surface area contributed by atoms with Crippen molar-refractivity contribution in [1.29, 1.82) is 0 Å². The smallest absolute Gasteiger partial charge is 0.271 e. The van der Waals surface area contributed by atoms with E-state index >= 15 is 0 Å². The van der Waals surface area contributed by atoms with Crippen LogP contribution in [0.25, 0.3) is 22.6 Å². The normalized spacial score (nSPS) is 28.7. The van der Waals surface area contributed by atoms with Gasteiger partial charge in [-0.2, -0.15) is 0 Å². The number of pyridine rings is 1. The van der Waals surface area contributed by atoms with Crippen LogP contribution in [0.4, 0.5) is 11.5 Å². The van der Waals surface area contributed by atoms with Gasteiger partial charge in [-0.05, 0) is 74.5 Å². The molecule has 4 bridgehead atoms. The molecule has 2 aromatic heterocycles. The Balaban J connectivity index is 1.21. The van der Waals surface area contributed by atoms with E-state index in [2.05, 4.69) is 15.3 Å². The van der Waals surface area contributed by atoms with E-state index in [4.69, 9.17) is 4.42 Å². The van der Waals surface area contributed by atoms with Crippen LogP contribution in [0, 0.1) is 33.3 Å². The van der Waals surface area contributed by atoms with Crippen molar-refractivity contribution in [2.24, 2.45) is 23.2 Å². The van der Waals surface area contributed by atoms with Gasteiger partial charge in [0.1, 0.15) is 11.3 Å². The molecule has 4 saturated carbocycles. The van der Waals surface area contributed by atoms with Crippen LogP contribution in [-0.2, 0) is 4.79 Å². The summed E-state index contributed by atoms with van der Waals surface area (Å²) in [6.45, 7) is 0. The number of nitro benzene ring substituents is 1. The Morgan fingerprint density at radius 2 is 1.81 bits per heavy atom. The Morgan fingerprint density at radius 1 is 1.10 bits per heavy atom. The van der Waals surface area contributed by atoms with E-state index < -0.39 is 4.92 Å². The summed E-state index contributed by atoms with van der Waals surface area (Å²) in [5, 5.41) is 14.0. The van der Waals surface area contributed by atoms with Crippen LogP contribution < -0.4 is 5.32 Å². The van der Waals surface area contributed by atoms with Crippen molar-refractivity contribution in [3.8, 4) is 11.5 Å². The number of amides is 1. The van der Waals surface area contributed by atoms with Crippen LogP contribution in [0.15, 0.2) is 40.9 Å². The van der Waals surface area contributed by atoms with Crippen molar-refractivity contribution in [1.82, 2.24) is 9.97 Å². The van der Waals surface area contributed by atoms with Crippen LogP contribution >= 0.6 is 0 Å². The summed E-state index contributed by atoms with van der Waals surface area (Å²) < 4.78 is 5.71. The summed E-state index contributed by atoms with van der Waals surface area (Å²) in [6, 6.07) is 7.86. The number of nitrogens with one attached hydrogen (secondary N) is 1. The third-order valence-electron chi connectivity index (χ3n) is 7.35. The molecule has 1 N–H and O–H groups in total. The molecular weight excluding hydrogens is 396 g/mol. The molecule has 0 spiro atoms. The van der Waals surface area contributed by atoms with Gasteiger partial charge in [0.2, 0.25) is 11.8 Å². The first-order chi connectivity index (χ1) is 15.0. The molecule has 4 aliphatic rings. The molecule has 0 unspecified atom stereocenters. The number of carbonyl (C=O) groups excluding carboxylic acids is 1. The molecule has 2 heterocycles. The van der Waals surface area contributed by atoms with Gasteiger partial charge < -0.3 is 9.73 Å². The van der Waals surface area contributed by atoms with Crippen molar-refractivity contribution in [3.63, 3.8) is 0 Å². The number of carbonyl (C=O) groups is 1. The average molecular weight is 418 g/mol. The molecule has 0 saturated heterocycles. The minimum absolute atomic E-state index is 0.0341. The standard InChI is InChI=1S/C23H22N4O4/c28-22(23-9-13-5-14(10-23)7-15(6-13)11-23)26-20-4-1-16(12-24-20)21-25-18-8-17(27(29)30)2-3-19(18)31-21/h1-4,8,12-15H,5-7,9-11H2,(H,24,26,28). The fourth-order valence-electron chi connectivity index (χ4n) is 6.38. The van der Waals surface area contributed by atoms with Gasteiger partial charge in [0.15, 0.2) is 5.58 Å². The highest BCUT2D eigenvalue weighted by atomic mass is 16.6. The maximum absolute atomic E-state index is 13.2. The number of hydrogen-bond donors (Lipinski definition) is 1. The van der Waals surface area contributed by atoms with E-state index in [-0.39, 0.29) is 17.0 Å². The van der Waals surface area contributed by atoms with Gasteiger partial charge in [-0.1, -0.05) is 0 Å². The molecule has 0 aliphatic heterocycles. The number of non-ortho nitro benzene ring substituents is 1. The summed E-state index contributed by atoms with van der Waals surface area (Å²) >= 11 is 0. The second-order valence-corrected chi connectivity index (χ2v) is 9.51. The van der Waals surface area contributed by atoms with Crippen molar-refractivity contribution >= 4 is 28.5 Å². The average Bonchev–Trinajstić information content (AvgIpc) is 3.16. The van der Waals surface area contributed by atoms with E-state index in [1.807, 2.05) is 0 Å². The molecule has 1 amide bonds. The molecule has 0 atom stereocenters. The Morgan fingerprint density at radius 3 is 2.42 bits per heavy atom. The summed E-state index contributed by atoms with van der Waals surface area (Å²) in [5.74, 6) is 3.10. The number of hydrogen-bond acceptors (Lipinski definition) is 6. The number of aromatic nitrogens is 2. The zero-order valence-electron chi connectivity index (χ0n) is 16.9. The minimum atomic E-state index is -0.462. The molecule has 8 heteroatoms. The lowest BCUT2D eigenvalue weighted by Crippen LogP contribution is -2.51. The molecular formula is C23H22N4O4. The van der Waals surface area contributed by atoms with Gasteiger partial charge in [0.25, 0.3) is 5.69 Å². The number of benzene rings is 1. The largest absolute Gasteiger partial charge is 0.436 e. The third kappa shape index (κ3) is 3.08. The number of oxazole rings is 1. The highest BCUT2D eigenvalue weighted by Crippen LogP contribution is 2.60. The first-order valence-electron chi connectivity index (χ1n) is 10.8. The number of nitro groups is 1. The second-order valence-electron chi connectivity index (χ2n) is 9.51. The lowest BCUT2D eigenvalue weighted by molar-refractivity contribution is -0.384. The zero-order valence-corrected chi connectivity index (χ0v) is 16.9. The molecule has 7 rings (SSSR count). The van der Waals surface area contributed by atoms with Crippen molar-refractivity contribution < 1.29 is 14.1 Å². The first kappa shape index (κ1) is 18.5. The SMILES string of the molecule is O=C(Nc1ccc(-c2nc3cc([N+](=O)[O-])ccc3o2)cn1)C12CC3CC(CC(C3)C1)C2. The van der Waals surface area contributed by atoms with Crippen molar-refractivity contribution in [3.05, 3.63) is 46.6 Å². The van der Waals surface area contributed by atoms with Crippen LogP contribution in [0.2, 0.25) is 0 Å². The Bertz CT molecular complexity index is 1160. The summed E-state index contributed by atoms with van der Waals surface area (Å²) in [7, 11) is 0. The number of rotatable bonds is 4. The molecule has 8 nitrogen and oxygen atoms in total. The number of fused-ring (bicyclic) bond motifs is 1. The first-order valence-corrected chi connectivity index (χ1v) is 10.8. The van der Waals surface area contributed by atoms with Crippen molar-refractivity contribution in [2.45, 2.75) is 38.5 Å². The number of anilines is 1. The van der Waals surface area contributed by atoms with Gasteiger partial charge in [0.05, 0.1) is 15.9 Å². The summed E-state index contributed by atoms with van der Waals surface area (Å²) in [6.07, 6.45) is 8.54. The Kier molecular flexibility index (Phi) is 3.94. The predicted molar refractivity (Wildman–Crippen MR) is 113 cm³/mol. The number of nitrogens with zero attached hydrogens (tertiary/aromatic N) is 3. The van der Waals surface area contributed by atoms with E-state index in [1.54, 1.807) is 18.3 Å². The fourth-order valence-corrected chi connectivity index (χ4v) is 6.38. The van der Waals surface area contributed by atoms with E-state index in [9.17, 15) is 14.9 Å². The van der Waals surface area contributed by atoms with Gasteiger partial charge in [-0.3, -0.25) is 14.9 Å². The zero-order chi connectivity index (χ0) is 21.2. The maximum atomic E-state index is 13.2. The summed E-state index contributed by atoms with van der Waals surface area (Å²) in [5.41, 5.74) is 1.28. The maximum Gasteiger partial charge on any atom is 0.271 e. The van der Waals surface area contributed by atoms with Crippen LogP contribution in [0.3, 0.4) is 0 Å². The fraction of sp³-hybridized carbons (Fsp3) is 0.435. The third-order valence-corrected chi connectivity index (χ3v) is 7.35. The van der Waals surface area contributed by atoms with Crippen LogP contribution in [0.5, 0.6) is 0 Å². The predicted octanol–water partition coefficient (Wildman–Crippen LogP) is 4.95. The lowest BCUT2D eigenvalue weighted by Gasteiger charge is -2.55. The lowest BCUT2D eigenvalue weighted by atomic mass is 9.49. The minimum Gasteiger partial charge on any atom is -0.436 e. The van der Waals surface area contributed by atoms with Crippen LogP contribution in [-0.4, -0.2) is 20.8 Å². The molecule has 158 valence electrons. The molecule has 3 aromatic rings. The highest BCUT2D eigenvalue weighted by molar-refractivity contribution is 5.95. The van der Waals surface area contributed by atoms with Crippen molar-refractivity contribution in [2.75, 3.05) is 5.32 Å².